The predicted octanol–water partition coefficient (Wildman–Crippen LogP) is 2.40. The minimum atomic E-state index is -4.40. The van der Waals surface area contributed by atoms with Crippen LogP contribution < -0.4 is 4.72 Å². The normalized spacial score (nSPS) is 11.0. The summed E-state index contributed by atoms with van der Waals surface area (Å²) < 4.78 is 63.0. The third kappa shape index (κ3) is 3.77. The van der Waals surface area contributed by atoms with Crippen molar-refractivity contribution in [2.24, 2.45) is 0 Å². The van der Waals surface area contributed by atoms with E-state index in [1.807, 2.05) is 4.72 Å². The van der Waals surface area contributed by atoms with Crippen LogP contribution in [-0.2, 0) is 19.5 Å². The molecule has 0 aliphatic rings. The first-order chi connectivity index (χ1) is 11.7. The van der Waals surface area contributed by atoms with Gasteiger partial charge in [-0.25, -0.2) is 26.8 Å². The van der Waals surface area contributed by atoms with Crippen molar-refractivity contribution >= 4 is 39.0 Å². The number of rotatable bonds is 5. The minimum Gasteiger partial charge on any atom is -0.465 e. The molecule has 0 spiro atoms. The van der Waals surface area contributed by atoms with Crippen LogP contribution in [0.1, 0.15) is 20.0 Å². The molecule has 0 saturated carbocycles. The number of halogens is 2. The Hall–Kier alpha value is -2.53. The molecule has 7 nitrogen and oxygen atoms in total. The monoisotopic (exact) mass is 391 g/mol. The van der Waals surface area contributed by atoms with Gasteiger partial charge >= 0.3 is 11.9 Å². The average Bonchev–Trinajstić information content (AvgIpc) is 3.06. The van der Waals surface area contributed by atoms with Gasteiger partial charge in [0.15, 0.2) is 0 Å². The summed E-state index contributed by atoms with van der Waals surface area (Å²) in [4.78, 5) is 22.4. The van der Waals surface area contributed by atoms with Gasteiger partial charge in [-0.15, -0.1) is 11.3 Å². The highest BCUT2D eigenvalue weighted by Gasteiger charge is 2.26. The van der Waals surface area contributed by atoms with Crippen LogP contribution in [0.25, 0.3) is 0 Å². The van der Waals surface area contributed by atoms with Crippen LogP contribution in [0.2, 0.25) is 0 Å². The average molecular weight is 391 g/mol. The summed E-state index contributed by atoms with van der Waals surface area (Å²) in [6.45, 7) is 0. The summed E-state index contributed by atoms with van der Waals surface area (Å²) >= 11 is 0.816. The number of anilines is 1. The summed E-state index contributed by atoms with van der Waals surface area (Å²) in [6.07, 6.45) is 0. The van der Waals surface area contributed by atoms with Gasteiger partial charge in [-0.05, 0) is 17.5 Å². The Balaban J connectivity index is 2.47. The van der Waals surface area contributed by atoms with Crippen LogP contribution in [0.15, 0.2) is 28.5 Å². The molecule has 0 fully saturated rings. The maximum Gasteiger partial charge on any atom is 0.349 e. The van der Waals surface area contributed by atoms with E-state index in [1.54, 1.807) is 0 Å². The molecule has 134 valence electrons. The number of ether oxygens (including phenoxy) is 2. The molecule has 11 heteroatoms. The van der Waals surface area contributed by atoms with Crippen LogP contribution in [0.5, 0.6) is 0 Å². The number of thiophene rings is 1. The standard InChI is InChI=1S/C14H11F2NO6S2/c1-22-13(18)7-5-10(9(16)6-8(7)15)17-25(20,21)11-3-4-24-12(11)14(19)23-2/h3-6,17H,1-2H3. The number of hydrogen-bond acceptors (Lipinski definition) is 7. The summed E-state index contributed by atoms with van der Waals surface area (Å²) in [7, 11) is -2.33. The lowest BCUT2D eigenvalue weighted by molar-refractivity contribution is 0.0589. The molecule has 1 aromatic carbocycles. The first-order valence-electron chi connectivity index (χ1n) is 6.47. The van der Waals surface area contributed by atoms with E-state index >= 15 is 0 Å². The van der Waals surface area contributed by atoms with E-state index in [4.69, 9.17) is 0 Å². The van der Waals surface area contributed by atoms with E-state index in [1.165, 1.54) is 5.38 Å². The zero-order valence-electron chi connectivity index (χ0n) is 12.8. The molecule has 0 aliphatic carbocycles. The predicted molar refractivity (Wildman–Crippen MR) is 84.2 cm³/mol. The summed E-state index contributed by atoms with van der Waals surface area (Å²) in [5, 5.41) is 1.34. The molecule has 0 amide bonds. The van der Waals surface area contributed by atoms with Gasteiger partial charge < -0.3 is 9.47 Å². The smallest absolute Gasteiger partial charge is 0.349 e. The zero-order valence-corrected chi connectivity index (χ0v) is 14.5. The molecule has 1 aromatic heterocycles. The lowest BCUT2D eigenvalue weighted by Gasteiger charge is -2.11. The number of benzene rings is 1. The number of hydrogen-bond donors (Lipinski definition) is 1. The number of carbonyl (C=O) groups is 2. The van der Waals surface area contributed by atoms with Crippen molar-refractivity contribution in [3.05, 3.63) is 45.7 Å². The van der Waals surface area contributed by atoms with E-state index in [-0.39, 0.29) is 4.88 Å². The SMILES string of the molecule is COC(=O)c1cc(NS(=O)(=O)c2ccsc2C(=O)OC)c(F)cc1F. The molecular formula is C14H11F2NO6S2. The van der Waals surface area contributed by atoms with Gasteiger partial charge in [0.1, 0.15) is 21.4 Å². The third-order valence-corrected chi connectivity index (χ3v) is 5.43. The van der Waals surface area contributed by atoms with E-state index < -0.39 is 49.7 Å². The fraction of sp³-hybridized carbons (Fsp3) is 0.143. The molecular weight excluding hydrogens is 380 g/mol. The van der Waals surface area contributed by atoms with Crippen molar-refractivity contribution in [3.63, 3.8) is 0 Å². The molecule has 0 atom stereocenters. The first-order valence-corrected chi connectivity index (χ1v) is 8.83. The Labute approximate surface area is 145 Å². The van der Waals surface area contributed by atoms with Crippen molar-refractivity contribution in [1.82, 2.24) is 0 Å². The summed E-state index contributed by atoms with van der Waals surface area (Å²) in [6, 6.07) is 2.14. The van der Waals surface area contributed by atoms with Gasteiger partial charge in [-0.2, -0.15) is 0 Å². The quantitative estimate of drug-likeness (QED) is 0.786. The van der Waals surface area contributed by atoms with Crippen LogP contribution >= 0.6 is 11.3 Å². The molecule has 0 saturated heterocycles. The second-order valence-electron chi connectivity index (χ2n) is 4.51. The highest BCUT2D eigenvalue weighted by Crippen LogP contribution is 2.27. The van der Waals surface area contributed by atoms with Gasteiger partial charge in [-0.1, -0.05) is 0 Å². The third-order valence-electron chi connectivity index (χ3n) is 3.00. The van der Waals surface area contributed by atoms with Gasteiger partial charge in [0.2, 0.25) is 0 Å². The lowest BCUT2D eigenvalue weighted by Crippen LogP contribution is -2.17. The van der Waals surface area contributed by atoms with E-state index in [2.05, 4.69) is 9.47 Å². The number of nitrogens with one attached hydrogen (secondary N) is 1. The fourth-order valence-electron chi connectivity index (χ4n) is 1.84. The van der Waals surface area contributed by atoms with Crippen molar-refractivity contribution in [2.45, 2.75) is 4.90 Å². The summed E-state index contributed by atoms with van der Waals surface area (Å²) in [5.74, 6) is -4.45. The van der Waals surface area contributed by atoms with Gasteiger partial charge in [0.05, 0.1) is 25.5 Å². The number of carbonyl (C=O) groups excluding carboxylic acids is 2. The van der Waals surface area contributed by atoms with E-state index in [9.17, 15) is 26.8 Å². The second-order valence-corrected chi connectivity index (χ2v) is 7.08. The van der Waals surface area contributed by atoms with Crippen molar-refractivity contribution in [3.8, 4) is 0 Å². The van der Waals surface area contributed by atoms with Crippen LogP contribution in [0.3, 0.4) is 0 Å². The maximum absolute atomic E-state index is 13.9. The minimum absolute atomic E-state index is 0.217. The lowest BCUT2D eigenvalue weighted by atomic mass is 10.2. The molecule has 1 heterocycles. The Morgan fingerprint density at radius 1 is 1.08 bits per heavy atom. The van der Waals surface area contributed by atoms with Crippen molar-refractivity contribution in [2.75, 3.05) is 18.9 Å². The van der Waals surface area contributed by atoms with Gasteiger partial charge in [0.25, 0.3) is 10.0 Å². The van der Waals surface area contributed by atoms with Gasteiger partial charge in [0, 0.05) is 6.07 Å². The molecule has 0 unspecified atom stereocenters. The largest absolute Gasteiger partial charge is 0.465 e. The van der Waals surface area contributed by atoms with E-state index in [0.717, 1.165) is 31.6 Å². The van der Waals surface area contributed by atoms with Crippen LogP contribution in [-0.4, -0.2) is 34.6 Å². The highest BCUT2D eigenvalue weighted by molar-refractivity contribution is 7.93. The Morgan fingerprint density at radius 3 is 2.32 bits per heavy atom. The molecule has 0 aliphatic heterocycles. The van der Waals surface area contributed by atoms with Gasteiger partial charge in [-0.3, -0.25) is 4.72 Å². The van der Waals surface area contributed by atoms with Crippen LogP contribution in [0.4, 0.5) is 14.5 Å². The fourth-order valence-corrected chi connectivity index (χ4v) is 4.24. The Morgan fingerprint density at radius 2 is 1.72 bits per heavy atom. The number of sulfonamides is 1. The molecule has 1 N–H and O–H groups in total. The Bertz CT molecular complexity index is 939. The molecule has 25 heavy (non-hydrogen) atoms. The van der Waals surface area contributed by atoms with Crippen molar-refractivity contribution in [1.29, 1.82) is 0 Å². The topological polar surface area (TPSA) is 98.8 Å². The van der Waals surface area contributed by atoms with Crippen molar-refractivity contribution < 1.29 is 36.3 Å². The number of esters is 2. The molecule has 0 bridgehead atoms. The maximum atomic E-state index is 13.9. The zero-order chi connectivity index (χ0) is 18.8. The molecule has 2 rings (SSSR count). The molecule has 0 radical (unpaired) electrons. The summed E-state index contributed by atoms with van der Waals surface area (Å²) in [5.41, 5.74) is -1.33. The van der Waals surface area contributed by atoms with E-state index in [0.29, 0.717) is 12.1 Å². The highest BCUT2D eigenvalue weighted by atomic mass is 32.2. The second kappa shape index (κ2) is 7.15. The van der Waals surface area contributed by atoms with Crippen LogP contribution in [0, 0.1) is 11.6 Å². The molecule has 2 aromatic rings. The number of methoxy groups -OCH3 is 2. The first kappa shape index (κ1) is 18.8. The Kier molecular flexibility index (Phi) is 5.38.